The number of carbonyl (C=O) groups excluding carboxylic acids is 1. The number of para-hydroxylation sites is 1. The van der Waals surface area contributed by atoms with Crippen LogP contribution in [0.4, 0.5) is 0 Å². The zero-order valence-corrected chi connectivity index (χ0v) is 10.6. The molecule has 0 unspecified atom stereocenters. The average Bonchev–Trinajstić information content (AvgIpc) is 2.30. The highest BCUT2D eigenvalue weighted by atomic mass is 127. The van der Waals surface area contributed by atoms with E-state index in [2.05, 4.69) is 32.3 Å². The van der Waals surface area contributed by atoms with E-state index in [1.165, 1.54) is 13.3 Å². The summed E-state index contributed by atoms with van der Waals surface area (Å²) in [6.45, 7) is 0. The van der Waals surface area contributed by atoms with Gasteiger partial charge >= 0.3 is 5.97 Å². The second-order valence-electron chi connectivity index (χ2n) is 3.19. The first kappa shape index (κ1) is 11.1. The highest BCUT2D eigenvalue weighted by Crippen LogP contribution is 2.15. The Morgan fingerprint density at radius 2 is 2.19 bits per heavy atom. The number of hydrogen-bond donors (Lipinski definition) is 1. The van der Waals surface area contributed by atoms with Gasteiger partial charge in [-0.15, -0.1) is 0 Å². The quantitative estimate of drug-likeness (QED) is 0.642. The highest BCUT2D eigenvalue weighted by Gasteiger charge is 2.13. The van der Waals surface area contributed by atoms with Gasteiger partial charge in [0.2, 0.25) is 5.43 Å². The van der Waals surface area contributed by atoms with Crippen LogP contribution in [-0.4, -0.2) is 18.1 Å². The van der Waals surface area contributed by atoms with Gasteiger partial charge in [0.1, 0.15) is 5.56 Å². The Morgan fingerprint density at radius 3 is 2.88 bits per heavy atom. The van der Waals surface area contributed by atoms with Gasteiger partial charge in [0.15, 0.2) is 0 Å². The molecule has 0 fully saturated rings. The van der Waals surface area contributed by atoms with Crippen LogP contribution in [0.3, 0.4) is 0 Å². The Bertz CT molecular complexity index is 618. The molecule has 1 N–H and O–H groups in total. The van der Waals surface area contributed by atoms with Crippen LogP contribution in [0.25, 0.3) is 10.9 Å². The predicted octanol–water partition coefficient (Wildman–Crippen LogP) is 1.92. The maximum atomic E-state index is 12.0. The Morgan fingerprint density at radius 1 is 1.44 bits per heavy atom. The van der Waals surface area contributed by atoms with Gasteiger partial charge in [-0.1, -0.05) is 6.07 Å². The van der Waals surface area contributed by atoms with E-state index < -0.39 is 5.97 Å². The van der Waals surface area contributed by atoms with Crippen LogP contribution in [0, 0.1) is 3.57 Å². The van der Waals surface area contributed by atoms with Crippen molar-refractivity contribution in [2.24, 2.45) is 0 Å². The summed E-state index contributed by atoms with van der Waals surface area (Å²) in [5.41, 5.74) is 0.455. The molecule has 0 aliphatic carbocycles. The minimum Gasteiger partial charge on any atom is -0.465 e. The summed E-state index contributed by atoms with van der Waals surface area (Å²) < 4.78 is 5.47. The molecule has 0 aliphatic heterocycles. The minimum atomic E-state index is -0.623. The maximum absolute atomic E-state index is 12.0. The number of rotatable bonds is 1. The van der Waals surface area contributed by atoms with Crippen molar-refractivity contribution in [1.29, 1.82) is 0 Å². The summed E-state index contributed by atoms with van der Waals surface area (Å²) in [5.74, 6) is -0.623. The molecule has 0 bridgehead atoms. The van der Waals surface area contributed by atoms with E-state index in [-0.39, 0.29) is 11.0 Å². The smallest absolute Gasteiger partial charge is 0.343 e. The van der Waals surface area contributed by atoms with Crippen LogP contribution >= 0.6 is 22.6 Å². The molecule has 0 saturated heterocycles. The molecular weight excluding hydrogens is 321 g/mol. The lowest BCUT2D eigenvalue weighted by Crippen LogP contribution is -2.17. The van der Waals surface area contributed by atoms with E-state index in [1.807, 2.05) is 6.07 Å². The van der Waals surface area contributed by atoms with Crippen LogP contribution in [0.2, 0.25) is 0 Å². The molecular formula is C11H8INO3. The summed E-state index contributed by atoms with van der Waals surface area (Å²) in [5, 5.41) is 0.495. The number of H-pyrrole nitrogens is 1. The molecule has 4 nitrogen and oxygen atoms in total. The number of methoxy groups -OCH3 is 1. The number of nitrogens with one attached hydrogen (secondary N) is 1. The summed E-state index contributed by atoms with van der Waals surface area (Å²) in [6, 6.07) is 5.35. The lowest BCUT2D eigenvalue weighted by atomic mass is 10.1. The molecule has 0 radical (unpaired) electrons. The van der Waals surface area contributed by atoms with Gasteiger partial charge in [0.05, 0.1) is 12.6 Å². The van der Waals surface area contributed by atoms with E-state index in [0.717, 1.165) is 9.09 Å². The lowest BCUT2D eigenvalue weighted by Gasteiger charge is -2.02. The van der Waals surface area contributed by atoms with Gasteiger partial charge in [-0.05, 0) is 34.7 Å². The van der Waals surface area contributed by atoms with Gasteiger partial charge in [-0.3, -0.25) is 4.79 Å². The van der Waals surface area contributed by atoms with Gasteiger partial charge < -0.3 is 9.72 Å². The summed E-state index contributed by atoms with van der Waals surface area (Å²) in [6.07, 6.45) is 1.39. The molecule has 0 saturated carbocycles. The Hall–Kier alpha value is -1.37. The van der Waals surface area contributed by atoms with Crippen molar-refractivity contribution in [2.45, 2.75) is 0 Å². The number of pyridine rings is 1. The topological polar surface area (TPSA) is 59.2 Å². The molecule has 1 aromatic heterocycles. The number of halogens is 1. The van der Waals surface area contributed by atoms with Crippen LogP contribution < -0.4 is 5.43 Å². The molecule has 0 atom stereocenters. The van der Waals surface area contributed by atoms with Crippen molar-refractivity contribution < 1.29 is 9.53 Å². The van der Waals surface area contributed by atoms with Gasteiger partial charge in [0, 0.05) is 15.2 Å². The third kappa shape index (κ3) is 1.71. The first-order valence-electron chi connectivity index (χ1n) is 4.53. The van der Waals surface area contributed by atoms with Crippen molar-refractivity contribution in [2.75, 3.05) is 7.11 Å². The molecule has 0 spiro atoms. The molecule has 2 aromatic rings. The molecule has 2 rings (SSSR count). The van der Waals surface area contributed by atoms with Gasteiger partial charge in [-0.25, -0.2) is 4.79 Å². The molecule has 82 valence electrons. The van der Waals surface area contributed by atoms with E-state index >= 15 is 0 Å². The minimum absolute atomic E-state index is 0.0250. The van der Waals surface area contributed by atoms with Crippen LogP contribution in [0.1, 0.15) is 10.4 Å². The van der Waals surface area contributed by atoms with Crippen molar-refractivity contribution in [3.63, 3.8) is 0 Å². The molecule has 1 aromatic carbocycles. The molecule has 5 heteroatoms. The van der Waals surface area contributed by atoms with Crippen molar-refractivity contribution >= 4 is 39.5 Å². The summed E-state index contributed by atoms with van der Waals surface area (Å²) in [7, 11) is 1.25. The first-order chi connectivity index (χ1) is 7.65. The number of esters is 1. The molecule has 16 heavy (non-hydrogen) atoms. The number of hydrogen-bond acceptors (Lipinski definition) is 3. The van der Waals surface area contributed by atoms with Crippen molar-refractivity contribution in [3.05, 3.63) is 43.8 Å². The number of carbonyl (C=O) groups is 1. The zero-order chi connectivity index (χ0) is 11.7. The fraction of sp³-hybridized carbons (Fsp3) is 0.0909. The van der Waals surface area contributed by atoms with E-state index in [9.17, 15) is 9.59 Å². The van der Waals surface area contributed by atoms with E-state index in [4.69, 9.17) is 0 Å². The van der Waals surface area contributed by atoms with Crippen molar-refractivity contribution in [3.8, 4) is 0 Å². The molecule has 0 aliphatic rings. The van der Waals surface area contributed by atoms with Gasteiger partial charge in [0.25, 0.3) is 0 Å². The molecule has 1 heterocycles. The normalized spacial score (nSPS) is 10.4. The molecule has 0 amide bonds. The number of aromatic nitrogens is 1. The lowest BCUT2D eigenvalue weighted by molar-refractivity contribution is 0.0599. The summed E-state index contributed by atoms with van der Waals surface area (Å²) >= 11 is 2.13. The third-order valence-electron chi connectivity index (χ3n) is 2.27. The van der Waals surface area contributed by atoms with Gasteiger partial charge in [-0.2, -0.15) is 0 Å². The number of aromatic amines is 1. The average molecular weight is 329 g/mol. The Labute approximate surface area is 105 Å². The summed E-state index contributed by atoms with van der Waals surface area (Å²) in [4.78, 5) is 26.2. The zero-order valence-electron chi connectivity index (χ0n) is 8.41. The number of ether oxygens (including phenoxy) is 1. The fourth-order valence-corrected chi connectivity index (χ4v) is 2.13. The monoisotopic (exact) mass is 329 g/mol. The standard InChI is InChI=1S/C11H8INO3/c1-16-11(15)7-5-13-9-6(10(7)14)3-2-4-8(9)12/h2-5H,1H3,(H,13,14). The fourth-order valence-electron chi connectivity index (χ4n) is 1.48. The second kappa shape index (κ2) is 4.25. The maximum Gasteiger partial charge on any atom is 0.343 e. The SMILES string of the molecule is COC(=O)c1c[nH]c2c(I)cccc2c1=O. The first-order valence-corrected chi connectivity index (χ1v) is 5.61. The second-order valence-corrected chi connectivity index (χ2v) is 4.35. The van der Waals surface area contributed by atoms with E-state index in [0.29, 0.717) is 5.39 Å². The number of benzene rings is 1. The Balaban J connectivity index is 2.81. The third-order valence-corrected chi connectivity index (χ3v) is 3.17. The van der Waals surface area contributed by atoms with Crippen LogP contribution in [0.5, 0.6) is 0 Å². The van der Waals surface area contributed by atoms with Crippen LogP contribution in [-0.2, 0) is 4.74 Å². The van der Waals surface area contributed by atoms with Crippen LogP contribution in [0.15, 0.2) is 29.2 Å². The predicted molar refractivity (Wildman–Crippen MR) is 68.6 cm³/mol. The highest BCUT2D eigenvalue weighted by molar-refractivity contribution is 14.1. The van der Waals surface area contributed by atoms with Crippen molar-refractivity contribution in [1.82, 2.24) is 4.98 Å². The number of fused-ring (bicyclic) bond motifs is 1. The largest absolute Gasteiger partial charge is 0.465 e. The Kier molecular flexibility index (Phi) is 2.95. The van der Waals surface area contributed by atoms with E-state index in [1.54, 1.807) is 12.1 Å².